The van der Waals surface area contributed by atoms with Crippen LogP contribution in [-0.4, -0.2) is 40.6 Å². The van der Waals surface area contributed by atoms with Crippen LogP contribution in [0.5, 0.6) is 0 Å². The summed E-state index contributed by atoms with van der Waals surface area (Å²) >= 11 is 6.41. The van der Waals surface area contributed by atoms with Crippen LogP contribution < -0.4 is 5.32 Å². The maximum atomic E-state index is 12.7. The molecular weight excluding hydrogens is 336 g/mol. The van der Waals surface area contributed by atoms with Crippen LogP contribution in [-0.2, 0) is 0 Å². The van der Waals surface area contributed by atoms with Gasteiger partial charge in [0.15, 0.2) is 0 Å². The largest absolute Gasteiger partial charge is 0.350 e. The molecule has 0 saturated heterocycles. The van der Waals surface area contributed by atoms with Gasteiger partial charge in [-0.2, -0.15) is 5.10 Å². The molecule has 1 aromatic carbocycles. The van der Waals surface area contributed by atoms with E-state index in [0.717, 1.165) is 42.2 Å². The van der Waals surface area contributed by atoms with Gasteiger partial charge in [0, 0.05) is 17.5 Å². The Hall–Kier alpha value is -1.85. The first-order chi connectivity index (χ1) is 12.2. The molecule has 25 heavy (non-hydrogen) atoms. The first-order valence-electron chi connectivity index (χ1n) is 8.95. The predicted molar refractivity (Wildman–Crippen MR) is 100 cm³/mol. The van der Waals surface area contributed by atoms with Crippen molar-refractivity contribution in [3.05, 3.63) is 52.3 Å². The number of nitrogens with one attached hydrogen (secondary N) is 2. The number of aromatic amines is 1. The van der Waals surface area contributed by atoms with E-state index in [1.54, 1.807) is 6.20 Å². The van der Waals surface area contributed by atoms with Crippen molar-refractivity contribution in [2.45, 2.75) is 38.6 Å². The van der Waals surface area contributed by atoms with Crippen molar-refractivity contribution in [3.8, 4) is 0 Å². The zero-order valence-electron chi connectivity index (χ0n) is 14.8. The minimum atomic E-state index is -0.0696. The van der Waals surface area contributed by atoms with Gasteiger partial charge in [0.1, 0.15) is 0 Å². The number of likely N-dealkylation sites (N-methyl/N-ethyl adjacent to an activating group) is 1. The van der Waals surface area contributed by atoms with E-state index in [1.807, 2.05) is 24.3 Å². The molecule has 1 fully saturated rings. The van der Waals surface area contributed by atoms with Gasteiger partial charge >= 0.3 is 0 Å². The van der Waals surface area contributed by atoms with E-state index in [4.69, 9.17) is 11.6 Å². The van der Waals surface area contributed by atoms with Gasteiger partial charge < -0.3 is 5.32 Å². The highest BCUT2D eigenvalue weighted by molar-refractivity contribution is 6.31. The molecule has 3 rings (SSSR count). The Bertz CT molecular complexity index is 722. The maximum Gasteiger partial charge on any atom is 0.254 e. The molecule has 1 saturated carbocycles. The number of carbonyl (C=O) groups is 1. The van der Waals surface area contributed by atoms with Crippen LogP contribution in [0, 0.1) is 0 Å². The van der Waals surface area contributed by atoms with Gasteiger partial charge in [0.05, 0.1) is 23.5 Å². The van der Waals surface area contributed by atoms with Gasteiger partial charge in [-0.15, -0.1) is 0 Å². The highest BCUT2D eigenvalue weighted by atomic mass is 35.5. The van der Waals surface area contributed by atoms with Crippen LogP contribution in [0.3, 0.4) is 0 Å². The normalized spacial score (nSPS) is 15.4. The average Bonchev–Trinajstić information content (AvgIpc) is 3.35. The summed E-state index contributed by atoms with van der Waals surface area (Å²) in [4.78, 5) is 15.0. The molecule has 1 aromatic heterocycles. The SMILES string of the molecule is CCN(CC)[C@H](CNC(=O)c1cn[nH]c1C1CC1)c1ccccc1Cl. The second-order valence-electron chi connectivity index (χ2n) is 6.44. The topological polar surface area (TPSA) is 61.0 Å². The maximum absolute atomic E-state index is 12.7. The summed E-state index contributed by atoms with van der Waals surface area (Å²) in [6.45, 7) is 6.54. The zero-order chi connectivity index (χ0) is 17.8. The number of aromatic nitrogens is 2. The third-order valence-electron chi connectivity index (χ3n) is 4.87. The summed E-state index contributed by atoms with van der Waals surface area (Å²) in [6, 6.07) is 7.89. The van der Waals surface area contributed by atoms with E-state index in [0.29, 0.717) is 18.0 Å². The number of benzene rings is 1. The number of halogens is 1. The molecular formula is C19H25ClN4O. The zero-order valence-corrected chi connectivity index (χ0v) is 15.5. The van der Waals surface area contributed by atoms with Gasteiger partial charge in [0.2, 0.25) is 0 Å². The van der Waals surface area contributed by atoms with Gasteiger partial charge in [-0.3, -0.25) is 14.8 Å². The second kappa shape index (κ2) is 8.02. The van der Waals surface area contributed by atoms with E-state index < -0.39 is 0 Å². The van der Waals surface area contributed by atoms with Crippen molar-refractivity contribution < 1.29 is 4.79 Å². The number of hydrogen-bond donors (Lipinski definition) is 2. The third-order valence-corrected chi connectivity index (χ3v) is 5.22. The van der Waals surface area contributed by atoms with Crippen molar-refractivity contribution in [2.75, 3.05) is 19.6 Å². The first kappa shape index (κ1) is 18.0. The monoisotopic (exact) mass is 360 g/mol. The van der Waals surface area contributed by atoms with E-state index in [2.05, 4.69) is 34.3 Å². The van der Waals surface area contributed by atoms with Crippen LogP contribution in [0.25, 0.3) is 0 Å². The molecule has 0 spiro atoms. The number of nitrogens with zero attached hydrogens (tertiary/aromatic N) is 2. The van der Waals surface area contributed by atoms with E-state index in [-0.39, 0.29) is 11.9 Å². The standard InChI is InChI=1S/C19H25ClN4O/c1-3-24(4-2)17(14-7-5-6-8-16(14)20)12-21-19(25)15-11-22-23-18(15)13-9-10-13/h5-8,11,13,17H,3-4,9-10,12H2,1-2H3,(H,21,25)(H,22,23)/t17-/m1/s1. The van der Waals surface area contributed by atoms with Crippen LogP contribution in [0.4, 0.5) is 0 Å². The Kier molecular flexibility index (Phi) is 5.76. The molecule has 0 aliphatic heterocycles. The van der Waals surface area contributed by atoms with Crippen molar-refractivity contribution in [3.63, 3.8) is 0 Å². The van der Waals surface area contributed by atoms with Crippen LogP contribution in [0.1, 0.15) is 60.3 Å². The molecule has 0 radical (unpaired) electrons. The van der Waals surface area contributed by atoms with Crippen LogP contribution in [0.2, 0.25) is 5.02 Å². The highest BCUT2D eigenvalue weighted by Gasteiger charge is 2.30. The molecule has 5 nitrogen and oxygen atoms in total. The molecule has 1 aliphatic carbocycles. The van der Waals surface area contributed by atoms with Crippen molar-refractivity contribution in [1.29, 1.82) is 0 Å². The van der Waals surface area contributed by atoms with Gasteiger partial charge in [-0.1, -0.05) is 43.6 Å². The molecule has 1 amide bonds. The lowest BCUT2D eigenvalue weighted by atomic mass is 10.0. The number of amides is 1. The Morgan fingerprint density at radius 2 is 2.08 bits per heavy atom. The Balaban J connectivity index is 1.75. The number of carbonyl (C=O) groups excluding carboxylic acids is 1. The average molecular weight is 361 g/mol. The first-order valence-corrected chi connectivity index (χ1v) is 9.33. The van der Waals surface area contributed by atoms with Crippen LogP contribution in [0.15, 0.2) is 30.5 Å². The molecule has 0 unspecified atom stereocenters. The third kappa shape index (κ3) is 4.05. The molecule has 2 aromatic rings. The molecule has 0 bridgehead atoms. The minimum absolute atomic E-state index is 0.0453. The quantitative estimate of drug-likeness (QED) is 0.753. The van der Waals surface area contributed by atoms with E-state index in [1.165, 1.54) is 0 Å². The minimum Gasteiger partial charge on any atom is -0.350 e. The Morgan fingerprint density at radius 3 is 2.72 bits per heavy atom. The lowest BCUT2D eigenvalue weighted by molar-refractivity contribution is 0.0934. The lowest BCUT2D eigenvalue weighted by Crippen LogP contribution is -2.38. The summed E-state index contributed by atoms with van der Waals surface area (Å²) in [6.07, 6.45) is 3.89. The van der Waals surface area contributed by atoms with E-state index in [9.17, 15) is 4.79 Å². The summed E-state index contributed by atoms with van der Waals surface area (Å²) in [7, 11) is 0. The molecule has 1 aliphatic rings. The van der Waals surface area contributed by atoms with Crippen molar-refractivity contribution in [2.24, 2.45) is 0 Å². The summed E-state index contributed by atoms with van der Waals surface area (Å²) < 4.78 is 0. The molecule has 2 N–H and O–H groups in total. The number of hydrogen-bond acceptors (Lipinski definition) is 3. The Morgan fingerprint density at radius 1 is 1.36 bits per heavy atom. The van der Waals surface area contributed by atoms with Crippen LogP contribution >= 0.6 is 11.6 Å². The molecule has 1 heterocycles. The Labute approximate surface area is 153 Å². The molecule has 1 atom stereocenters. The van der Waals surface area contributed by atoms with E-state index >= 15 is 0 Å². The predicted octanol–water partition coefficient (Wildman–Crippen LogP) is 3.75. The lowest BCUT2D eigenvalue weighted by Gasteiger charge is -2.30. The van der Waals surface area contributed by atoms with Gasteiger partial charge in [0.25, 0.3) is 5.91 Å². The summed E-state index contributed by atoms with van der Waals surface area (Å²) in [5, 5.41) is 10.8. The van der Waals surface area contributed by atoms with Gasteiger partial charge in [-0.25, -0.2) is 0 Å². The fourth-order valence-electron chi connectivity index (χ4n) is 3.29. The molecule has 6 heteroatoms. The van der Waals surface area contributed by atoms with Crippen molar-refractivity contribution >= 4 is 17.5 Å². The van der Waals surface area contributed by atoms with Gasteiger partial charge in [-0.05, 0) is 37.6 Å². The fraction of sp³-hybridized carbons (Fsp3) is 0.474. The summed E-state index contributed by atoms with van der Waals surface area (Å²) in [5.74, 6) is 0.394. The highest BCUT2D eigenvalue weighted by Crippen LogP contribution is 2.40. The second-order valence-corrected chi connectivity index (χ2v) is 6.85. The fourth-order valence-corrected chi connectivity index (χ4v) is 3.55. The smallest absolute Gasteiger partial charge is 0.254 e. The van der Waals surface area contributed by atoms with Crippen molar-refractivity contribution in [1.82, 2.24) is 20.4 Å². The molecule has 134 valence electrons. The number of H-pyrrole nitrogens is 1. The number of rotatable bonds is 8. The summed E-state index contributed by atoms with van der Waals surface area (Å²) in [5.41, 5.74) is 2.68.